The van der Waals surface area contributed by atoms with Crippen molar-refractivity contribution < 1.29 is 4.79 Å². The highest BCUT2D eigenvalue weighted by atomic mass is 16.1. The molecule has 0 saturated heterocycles. The smallest absolute Gasteiger partial charge is 0.222 e. The number of carbonyl (C=O) groups is 1. The van der Waals surface area contributed by atoms with Crippen LogP contribution in [0.25, 0.3) is 11.4 Å². The van der Waals surface area contributed by atoms with E-state index in [4.69, 9.17) is 0 Å². The minimum atomic E-state index is -0.00543. The number of benzene rings is 1. The van der Waals surface area contributed by atoms with Gasteiger partial charge in [-0.25, -0.2) is 0 Å². The predicted octanol–water partition coefficient (Wildman–Crippen LogP) is 1.21. The van der Waals surface area contributed by atoms with E-state index < -0.39 is 0 Å². The van der Waals surface area contributed by atoms with Gasteiger partial charge in [-0.05, 0) is 5.56 Å². The second-order valence-electron chi connectivity index (χ2n) is 4.44. The Hall–Kier alpha value is -2.37. The molecule has 0 saturated carbocycles. The third kappa shape index (κ3) is 3.54. The SMILES string of the molecule is CC(C)C(=O)NCc1ccc(-c2nncnn2)cc1. The highest BCUT2D eigenvalue weighted by molar-refractivity contribution is 5.77. The molecular weight excluding hydrogens is 242 g/mol. The minimum absolute atomic E-state index is 0.00543. The Morgan fingerprint density at radius 2 is 1.79 bits per heavy atom. The average Bonchev–Trinajstić information content (AvgIpc) is 2.46. The van der Waals surface area contributed by atoms with Gasteiger partial charge in [-0.1, -0.05) is 38.1 Å². The summed E-state index contributed by atoms with van der Waals surface area (Å²) >= 11 is 0. The molecule has 1 N–H and O–H groups in total. The monoisotopic (exact) mass is 257 g/mol. The van der Waals surface area contributed by atoms with Crippen molar-refractivity contribution in [3.63, 3.8) is 0 Å². The molecule has 1 amide bonds. The third-order valence-electron chi connectivity index (χ3n) is 2.61. The number of nitrogens with zero attached hydrogens (tertiary/aromatic N) is 4. The van der Waals surface area contributed by atoms with Crippen molar-refractivity contribution in [2.75, 3.05) is 0 Å². The molecule has 6 nitrogen and oxygen atoms in total. The fraction of sp³-hybridized carbons (Fsp3) is 0.308. The summed E-state index contributed by atoms with van der Waals surface area (Å²) in [6, 6.07) is 7.61. The molecule has 98 valence electrons. The lowest BCUT2D eigenvalue weighted by molar-refractivity contribution is -0.124. The first-order valence-electron chi connectivity index (χ1n) is 6.04. The Balaban J connectivity index is 2.01. The molecule has 1 aromatic heterocycles. The molecule has 1 heterocycles. The van der Waals surface area contributed by atoms with Gasteiger partial charge in [0.1, 0.15) is 0 Å². The van der Waals surface area contributed by atoms with E-state index in [0.717, 1.165) is 11.1 Å². The molecule has 1 aromatic carbocycles. The van der Waals surface area contributed by atoms with Crippen LogP contribution in [0, 0.1) is 5.92 Å². The third-order valence-corrected chi connectivity index (χ3v) is 2.61. The first-order chi connectivity index (χ1) is 9.16. The molecule has 6 heteroatoms. The van der Waals surface area contributed by atoms with Gasteiger partial charge >= 0.3 is 0 Å². The van der Waals surface area contributed by atoms with Crippen LogP contribution in [0.1, 0.15) is 19.4 Å². The fourth-order valence-corrected chi connectivity index (χ4v) is 1.48. The highest BCUT2D eigenvalue weighted by Crippen LogP contribution is 2.13. The number of nitrogens with one attached hydrogen (secondary N) is 1. The van der Waals surface area contributed by atoms with Crippen LogP contribution in [-0.4, -0.2) is 26.3 Å². The van der Waals surface area contributed by atoms with E-state index in [9.17, 15) is 4.79 Å². The summed E-state index contributed by atoms with van der Waals surface area (Å²) in [5, 5.41) is 18.0. The van der Waals surface area contributed by atoms with E-state index in [1.54, 1.807) is 0 Å². The van der Waals surface area contributed by atoms with Crippen molar-refractivity contribution in [2.45, 2.75) is 20.4 Å². The van der Waals surface area contributed by atoms with Gasteiger partial charge < -0.3 is 5.32 Å². The summed E-state index contributed by atoms with van der Waals surface area (Å²) in [5.41, 5.74) is 1.87. The Morgan fingerprint density at radius 1 is 1.16 bits per heavy atom. The molecule has 0 atom stereocenters. The van der Waals surface area contributed by atoms with Crippen LogP contribution in [-0.2, 0) is 11.3 Å². The van der Waals surface area contributed by atoms with Crippen LogP contribution in [0.2, 0.25) is 0 Å². The van der Waals surface area contributed by atoms with Crippen molar-refractivity contribution in [2.24, 2.45) is 5.92 Å². The number of carbonyl (C=O) groups excluding carboxylic acids is 1. The molecular formula is C13H15N5O. The van der Waals surface area contributed by atoms with E-state index in [0.29, 0.717) is 12.4 Å². The fourth-order valence-electron chi connectivity index (χ4n) is 1.48. The van der Waals surface area contributed by atoms with E-state index in [1.807, 2.05) is 38.1 Å². The zero-order valence-corrected chi connectivity index (χ0v) is 10.9. The maximum Gasteiger partial charge on any atom is 0.222 e. The molecule has 0 aliphatic carbocycles. The molecule has 0 radical (unpaired) electrons. The quantitative estimate of drug-likeness (QED) is 0.890. The van der Waals surface area contributed by atoms with E-state index in [2.05, 4.69) is 25.7 Å². The number of amides is 1. The summed E-state index contributed by atoms with van der Waals surface area (Å²) in [7, 11) is 0. The molecule has 0 aliphatic heterocycles. The van der Waals surface area contributed by atoms with Crippen LogP contribution >= 0.6 is 0 Å². The molecule has 0 bridgehead atoms. The van der Waals surface area contributed by atoms with Crippen molar-refractivity contribution in [1.82, 2.24) is 25.7 Å². The Labute approximate surface area is 111 Å². The normalized spacial score (nSPS) is 10.5. The van der Waals surface area contributed by atoms with Gasteiger partial charge in [0.25, 0.3) is 0 Å². The standard InChI is InChI=1S/C13H15N5O/c1-9(2)13(19)14-7-10-3-5-11(6-4-10)12-17-15-8-16-18-12/h3-6,8-9H,7H2,1-2H3,(H,14,19). The summed E-state index contributed by atoms with van der Waals surface area (Å²) in [4.78, 5) is 11.5. The minimum Gasteiger partial charge on any atom is -0.352 e. The molecule has 2 aromatic rings. The van der Waals surface area contributed by atoms with Gasteiger partial charge in [0.05, 0.1) is 0 Å². The molecule has 0 spiro atoms. The van der Waals surface area contributed by atoms with Crippen molar-refractivity contribution in [3.05, 3.63) is 36.2 Å². The van der Waals surface area contributed by atoms with E-state index in [1.165, 1.54) is 6.33 Å². The second kappa shape index (κ2) is 5.99. The van der Waals surface area contributed by atoms with Crippen molar-refractivity contribution in [1.29, 1.82) is 0 Å². The lowest BCUT2D eigenvalue weighted by atomic mass is 10.1. The molecule has 0 fully saturated rings. The molecule has 2 rings (SSSR count). The first kappa shape index (κ1) is 13.1. The summed E-state index contributed by atoms with van der Waals surface area (Å²) in [6.45, 7) is 4.25. The molecule has 0 unspecified atom stereocenters. The highest BCUT2D eigenvalue weighted by Gasteiger charge is 2.06. The maximum absolute atomic E-state index is 11.5. The summed E-state index contributed by atoms with van der Waals surface area (Å²) in [6.07, 6.45) is 1.29. The van der Waals surface area contributed by atoms with Crippen LogP contribution in [0.3, 0.4) is 0 Å². The van der Waals surface area contributed by atoms with Crippen LogP contribution < -0.4 is 5.32 Å². The van der Waals surface area contributed by atoms with Gasteiger partial charge in [-0.3, -0.25) is 4.79 Å². The summed E-state index contributed by atoms with van der Waals surface area (Å²) in [5.74, 6) is 0.526. The molecule has 19 heavy (non-hydrogen) atoms. The number of hydrogen-bond donors (Lipinski definition) is 1. The Kier molecular flexibility index (Phi) is 4.12. The van der Waals surface area contributed by atoms with E-state index in [-0.39, 0.29) is 11.8 Å². The zero-order chi connectivity index (χ0) is 13.7. The van der Waals surface area contributed by atoms with Crippen molar-refractivity contribution >= 4 is 5.91 Å². The van der Waals surface area contributed by atoms with Crippen molar-refractivity contribution in [3.8, 4) is 11.4 Å². The number of aromatic nitrogens is 4. The average molecular weight is 257 g/mol. The maximum atomic E-state index is 11.5. The van der Waals surface area contributed by atoms with Gasteiger partial charge in [0.2, 0.25) is 11.7 Å². The van der Waals surface area contributed by atoms with Crippen LogP contribution in [0.4, 0.5) is 0 Å². The lowest BCUT2D eigenvalue weighted by Gasteiger charge is -2.07. The van der Waals surface area contributed by atoms with Gasteiger partial charge in [0, 0.05) is 18.0 Å². The predicted molar refractivity (Wildman–Crippen MR) is 69.7 cm³/mol. The topological polar surface area (TPSA) is 80.7 Å². The van der Waals surface area contributed by atoms with Crippen LogP contribution in [0.5, 0.6) is 0 Å². The van der Waals surface area contributed by atoms with E-state index >= 15 is 0 Å². The van der Waals surface area contributed by atoms with Gasteiger partial charge in [-0.15, -0.1) is 20.4 Å². The molecule has 0 aliphatic rings. The number of rotatable bonds is 4. The Morgan fingerprint density at radius 3 is 2.37 bits per heavy atom. The number of hydrogen-bond acceptors (Lipinski definition) is 5. The summed E-state index contributed by atoms with van der Waals surface area (Å²) < 4.78 is 0. The Bertz CT molecular complexity index is 539. The van der Waals surface area contributed by atoms with Gasteiger partial charge in [-0.2, -0.15) is 0 Å². The van der Waals surface area contributed by atoms with Gasteiger partial charge in [0.15, 0.2) is 6.33 Å². The second-order valence-corrected chi connectivity index (χ2v) is 4.44. The zero-order valence-electron chi connectivity index (χ0n) is 10.9. The van der Waals surface area contributed by atoms with Crippen LogP contribution in [0.15, 0.2) is 30.6 Å². The first-order valence-corrected chi connectivity index (χ1v) is 6.04. The largest absolute Gasteiger partial charge is 0.352 e. The lowest BCUT2D eigenvalue weighted by Crippen LogP contribution is -2.27.